The molecular formula is C14H17N3O. The quantitative estimate of drug-likeness (QED) is 0.817. The Bertz CT molecular complexity index is 507. The number of carbonyl (C=O) groups excluding carboxylic acids is 1. The van der Waals surface area contributed by atoms with Crippen molar-refractivity contribution in [1.29, 1.82) is 0 Å². The fraction of sp³-hybridized carbons (Fsp3) is 0.500. The standard InChI is InChI=1S/C14H17N3O/c1-14(2)7-10-12(11(18)8-14)13(17-16-10)9-3-5-15-6-4-9/h3-6,10,12,16H,7-8H2,1-2H3/t10-,12+/m0/s1. The molecule has 2 atom stereocenters. The van der Waals surface area contributed by atoms with Crippen molar-refractivity contribution in [2.75, 3.05) is 0 Å². The number of fused-ring (bicyclic) bond motifs is 1. The summed E-state index contributed by atoms with van der Waals surface area (Å²) in [6.45, 7) is 4.29. The maximum atomic E-state index is 12.3. The van der Waals surface area contributed by atoms with Crippen LogP contribution < -0.4 is 5.43 Å². The number of hydrazone groups is 1. The van der Waals surface area contributed by atoms with Gasteiger partial charge in [-0.15, -0.1) is 0 Å². The molecule has 0 aromatic carbocycles. The first kappa shape index (κ1) is 11.4. The molecule has 1 aromatic rings. The van der Waals surface area contributed by atoms with Crippen LogP contribution in [0.3, 0.4) is 0 Å². The highest BCUT2D eigenvalue weighted by atomic mass is 16.1. The molecule has 0 spiro atoms. The lowest BCUT2D eigenvalue weighted by Crippen LogP contribution is -2.45. The van der Waals surface area contributed by atoms with E-state index < -0.39 is 0 Å². The SMILES string of the molecule is CC1(C)CC(=O)[C@@H]2C(c3ccncc3)=NN[C@H]2C1. The summed E-state index contributed by atoms with van der Waals surface area (Å²) < 4.78 is 0. The number of hydrogen-bond donors (Lipinski definition) is 1. The van der Waals surface area contributed by atoms with E-state index in [4.69, 9.17) is 0 Å². The van der Waals surface area contributed by atoms with E-state index in [-0.39, 0.29) is 17.4 Å². The minimum absolute atomic E-state index is 0.0778. The van der Waals surface area contributed by atoms with Gasteiger partial charge in [0.25, 0.3) is 0 Å². The number of rotatable bonds is 1. The minimum atomic E-state index is -0.0829. The first-order chi connectivity index (χ1) is 8.57. The van der Waals surface area contributed by atoms with Crippen LogP contribution in [0, 0.1) is 11.3 Å². The van der Waals surface area contributed by atoms with E-state index in [1.165, 1.54) is 0 Å². The molecule has 2 heterocycles. The fourth-order valence-electron chi connectivity index (χ4n) is 3.04. The summed E-state index contributed by atoms with van der Waals surface area (Å²) in [4.78, 5) is 16.3. The number of nitrogens with zero attached hydrogens (tertiary/aromatic N) is 2. The summed E-state index contributed by atoms with van der Waals surface area (Å²) in [7, 11) is 0. The molecule has 0 unspecified atom stereocenters. The summed E-state index contributed by atoms with van der Waals surface area (Å²) in [5, 5.41) is 4.38. The summed E-state index contributed by atoms with van der Waals surface area (Å²) in [5.74, 6) is 0.220. The van der Waals surface area contributed by atoms with Crippen molar-refractivity contribution >= 4 is 11.5 Å². The van der Waals surface area contributed by atoms with Gasteiger partial charge in [0.1, 0.15) is 5.78 Å². The third-order valence-electron chi connectivity index (χ3n) is 3.80. The highest BCUT2D eigenvalue weighted by Gasteiger charge is 2.46. The normalized spacial score (nSPS) is 29.4. The molecular weight excluding hydrogens is 226 g/mol. The molecule has 4 heteroatoms. The average Bonchev–Trinajstić information content (AvgIpc) is 2.72. The molecule has 3 rings (SSSR count). The van der Waals surface area contributed by atoms with E-state index >= 15 is 0 Å². The molecule has 0 amide bonds. The topological polar surface area (TPSA) is 54.4 Å². The number of pyridine rings is 1. The molecule has 1 fully saturated rings. The van der Waals surface area contributed by atoms with Gasteiger partial charge in [0.05, 0.1) is 17.7 Å². The van der Waals surface area contributed by atoms with Crippen LogP contribution in [0.5, 0.6) is 0 Å². The molecule has 1 saturated carbocycles. The molecule has 0 saturated heterocycles. The van der Waals surface area contributed by atoms with Gasteiger partial charge in [0, 0.05) is 24.4 Å². The van der Waals surface area contributed by atoms with Crippen LogP contribution in [0.15, 0.2) is 29.6 Å². The largest absolute Gasteiger partial charge is 0.306 e. The Hall–Kier alpha value is -1.71. The first-order valence-electron chi connectivity index (χ1n) is 6.33. The van der Waals surface area contributed by atoms with Gasteiger partial charge in [-0.2, -0.15) is 5.10 Å². The number of Topliss-reactive ketones (excluding diaryl/α,β-unsaturated/α-hetero) is 1. The number of nitrogens with one attached hydrogen (secondary N) is 1. The van der Waals surface area contributed by atoms with Crippen LogP contribution in [0.4, 0.5) is 0 Å². The van der Waals surface area contributed by atoms with Gasteiger partial charge in [-0.3, -0.25) is 9.78 Å². The summed E-state index contributed by atoms with van der Waals surface area (Å²) >= 11 is 0. The fourth-order valence-corrected chi connectivity index (χ4v) is 3.04. The van der Waals surface area contributed by atoms with Crippen LogP contribution in [0.2, 0.25) is 0 Å². The highest BCUT2D eigenvalue weighted by molar-refractivity contribution is 6.15. The number of aromatic nitrogens is 1. The maximum Gasteiger partial charge on any atom is 0.144 e. The smallest absolute Gasteiger partial charge is 0.144 e. The highest BCUT2D eigenvalue weighted by Crippen LogP contribution is 2.39. The van der Waals surface area contributed by atoms with E-state index in [9.17, 15) is 4.79 Å². The second-order valence-electron chi connectivity index (χ2n) is 5.96. The van der Waals surface area contributed by atoms with Gasteiger partial charge in [-0.05, 0) is 24.0 Å². The third kappa shape index (κ3) is 1.82. The molecule has 2 aliphatic rings. The molecule has 1 N–H and O–H groups in total. The zero-order chi connectivity index (χ0) is 12.8. The zero-order valence-electron chi connectivity index (χ0n) is 10.7. The van der Waals surface area contributed by atoms with Crippen molar-refractivity contribution in [3.63, 3.8) is 0 Å². The lowest BCUT2D eigenvalue weighted by atomic mass is 9.68. The second kappa shape index (κ2) is 3.90. The first-order valence-corrected chi connectivity index (χ1v) is 6.33. The minimum Gasteiger partial charge on any atom is -0.306 e. The maximum absolute atomic E-state index is 12.3. The van der Waals surface area contributed by atoms with Crippen LogP contribution in [0.1, 0.15) is 32.3 Å². The predicted molar refractivity (Wildman–Crippen MR) is 69.2 cm³/mol. The van der Waals surface area contributed by atoms with Gasteiger partial charge in [0.15, 0.2) is 0 Å². The Labute approximate surface area is 107 Å². The zero-order valence-corrected chi connectivity index (χ0v) is 10.7. The van der Waals surface area contributed by atoms with Crippen molar-refractivity contribution in [1.82, 2.24) is 10.4 Å². The average molecular weight is 243 g/mol. The Morgan fingerprint density at radius 3 is 2.78 bits per heavy atom. The van der Waals surface area contributed by atoms with Crippen molar-refractivity contribution in [2.24, 2.45) is 16.4 Å². The Morgan fingerprint density at radius 1 is 1.33 bits per heavy atom. The van der Waals surface area contributed by atoms with Gasteiger partial charge in [-0.25, -0.2) is 0 Å². The van der Waals surface area contributed by atoms with Crippen molar-refractivity contribution in [3.05, 3.63) is 30.1 Å². The van der Waals surface area contributed by atoms with Gasteiger partial charge < -0.3 is 5.43 Å². The molecule has 1 aliphatic carbocycles. The molecule has 18 heavy (non-hydrogen) atoms. The van der Waals surface area contributed by atoms with Gasteiger partial charge >= 0.3 is 0 Å². The van der Waals surface area contributed by atoms with E-state index in [0.29, 0.717) is 12.2 Å². The van der Waals surface area contributed by atoms with Gasteiger partial charge in [-0.1, -0.05) is 13.8 Å². The van der Waals surface area contributed by atoms with Crippen LogP contribution >= 0.6 is 0 Å². The Balaban J connectivity index is 1.91. The Morgan fingerprint density at radius 2 is 2.06 bits per heavy atom. The molecule has 1 aromatic heterocycles. The van der Waals surface area contributed by atoms with E-state index in [1.807, 2.05) is 12.1 Å². The lowest BCUT2D eigenvalue weighted by molar-refractivity contribution is -0.126. The van der Waals surface area contributed by atoms with Crippen LogP contribution in [0.25, 0.3) is 0 Å². The van der Waals surface area contributed by atoms with Gasteiger partial charge in [0.2, 0.25) is 0 Å². The molecule has 94 valence electrons. The lowest BCUT2D eigenvalue weighted by Gasteiger charge is -2.36. The van der Waals surface area contributed by atoms with E-state index in [2.05, 4.69) is 29.4 Å². The number of carbonyl (C=O) groups is 1. The summed E-state index contributed by atoms with van der Waals surface area (Å²) in [6.07, 6.45) is 5.10. The predicted octanol–water partition coefficient (Wildman–Crippen LogP) is 1.76. The van der Waals surface area contributed by atoms with E-state index in [1.54, 1.807) is 12.4 Å². The molecule has 1 aliphatic heterocycles. The van der Waals surface area contributed by atoms with Crippen molar-refractivity contribution in [2.45, 2.75) is 32.7 Å². The third-order valence-corrected chi connectivity index (χ3v) is 3.80. The van der Waals surface area contributed by atoms with Crippen molar-refractivity contribution < 1.29 is 4.79 Å². The second-order valence-corrected chi connectivity index (χ2v) is 5.96. The summed E-state index contributed by atoms with van der Waals surface area (Å²) in [5.41, 5.74) is 5.09. The Kier molecular flexibility index (Phi) is 2.47. The summed E-state index contributed by atoms with van der Waals surface area (Å²) in [6, 6.07) is 3.98. The monoisotopic (exact) mass is 243 g/mol. The van der Waals surface area contributed by atoms with E-state index in [0.717, 1.165) is 17.7 Å². The molecule has 0 radical (unpaired) electrons. The molecule has 4 nitrogen and oxygen atoms in total. The van der Waals surface area contributed by atoms with Crippen LogP contribution in [-0.4, -0.2) is 22.5 Å². The molecule has 0 bridgehead atoms. The number of ketones is 1. The van der Waals surface area contributed by atoms with Crippen LogP contribution in [-0.2, 0) is 4.79 Å². The van der Waals surface area contributed by atoms with Crippen molar-refractivity contribution in [3.8, 4) is 0 Å². The number of hydrogen-bond acceptors (Lipinski definition) is 4.